The standard InChI is InChI=1S/C25H23FN4O5S/c1-4-5-16-12-20(31)30-21(23(32)29-18-11-10-17(34-2)13-19(18)35-3)22(36-25(30)28-16)24(33)27-15-8-6-14(26)7-9-15/h6-13H,4-5H2,1-3H3,(H,27,33)(H,29,32). The highest BCUT2D eigenvalue weighted by atomic mass is 32.1. The van der Waals surface area contributed by atoms with E-state index < -0.39 is 23.2 Å². The van der Waals surface area contributed by atoms with Crippen molar-refractivity contribution in [3.05, 3.63) is 81.0 Å². The van der Waals surface area contributed by atoms with Gasteiger partial charge in [0, 0.05) is 23.5 Å². The van der Waals surface area contributed by atoms with Crippen LogP contribution < -0.4 is 25.7 Å². The second kappa shape index (κ2) is 10.6. The molecule has 36 heavy (non-hydrogen) atoms. The largest absolute Gasteiger partial charge is 0.497 e. The SMILES string of the molecule is CCCc1cc(=O)n2c(C(=O)Nc3ccc(OC)cc3OC)c(C(=O)Nc3ccc(F)cc3)sc2n1. The number of amides is 2. The second-order valence-electron chi connectivity index (χ2n) is 7.71. The minimum Gasteiger partial charge on any atom is -0.497 e. The number of fused-ring (bicyclic) bond motifs is 1. The molecule has 2 aromatic heterocycles. The molecular formula is C25H23FN4O5S. The summed E-state index contributed by atoms with van der Waals surface area (Å²) in [6.07, 6.45) is 1.35. The van der Waals surface area contributed by atoms with Gasteiger partial charge in [-0.05, 0) is 42.8 Å². The van der Waals surface area contributed by atoms with Crippen LogP contribution in [0.25, 0.3) is 4.96 Å². The Hall–Kier alpha value is -4.25. The lowest BCUT2D eigenvalue weighted by molar-refractivity contribution is 0.0989. The Morgan fingerprint density at radius 2 is 1.78 bits per heavy atom. The van der Waals surface area contributed by atoms with Gasteiger partial charge < -0.3 is 20.1 Å². The molecule has 0 radical (unpaired) electrons. The van der Waals surface area contributed by atoms with E-state index in [1.54, 1.807) is 18.2 Å². The molecule has 0 saturated carbocycles. The van der Waals surface area contributed by atoms with E-state index in [4.69, 9.17) is 9.47 Å². The van der Waals surface area contributed by atoms with Gasteiger partial charge in [0.05, 0.1) is 19.9 Å². The highest BCUT2D eigenvalue weighted by Gasteiger charge is 2.27. The number of carbonyl (C=O) groups is 2. The molecule has 4 aromatic rings. The molecule has 0 unspecified atom stereocenters. The number of thiazole rings is 1. The topological polar surface area (TPSA) is 111 Å². The van der Waals surface area contributed by atoms with Gasteiger partial charge >= 0.3 is 0 Å². The zero-order chi connectivity index (χ0) is 25.8. The van der Waals surface area contributed by atoms with Crippen molar-refractivity contribution in [2.75, 3.05) is 24.9 Å². The lowest BCUT2D eigenvalue weighted by atomic mass is 10.2. The van der Waals surface area contributed by atoms with Crippen molar-refractivity contribution in [3.8, 4) is 11.5 Å². The maximum Gasteiger partial charge on any atom is 0.274 e. The number of halogens is 1. The van der Waals surface area contributed by atoms with E-state index in [1.165, 1.54) is 44.6 Å². The van der Waals surface area contributed by atoms with E-state index >= 15 is 0 Å². The van der Waals surface area contributed by atoms with Gasteiger partial charge in [-0.15, -0.1) is 0 Å². The van der Waals surface area contributed by atoms with Crippen LogP contribution in [0.5, 0.6) is 11.5 Å². The highest BCUT2D eigenvalue weighted by molar-refractivity contribution is 7.19. The summed E-state index contributed by atoms with van der Waals surface area (Å²) in [5.41, 5.74) is 0.559. The van der Waals surface area contributed by atoms with Crippen LogP contribution in [0.3, 0.4) is 0 Å². The predicted molar refractivity (Wildman–Crippen MR) is 135 cm³/mol. The molecule has 0 spiro atoms. The number of ether oxygens (including phenoxy) is 2. The number of nitrogens with zero attached hydrogens (tertiary/aromatic N) is 2. The summed E-state index contributed by atoms with van der Waals surface area (Å²) in [6.45, 7) is 1.96. The van der Waals surface area contributed by atoms with Crippen molar-refractivity contribution in [3.63, 3.8) is 0 Å². The lowest BCUT2D eigenvalue weighted by Gasteiger charge is -2.12. The molecule has 0 fully saturated rings. The van der Waals surface area contributed by atoms with Crippen LogP contribution in [-0.2, 0) is 6.42 Å². The zero-order valence-electron chi connectivity index (χ0n) is 19.8. The van der Waals surface area contributed by atoms with Crippen molar-refractivity contribution in [2.24, 2.45) is 0 Å². The van der Waals surface area contributed by atoms with E-state index in [-0.39, 0.29) is 15.5 Å². The van der Waals surface area contributed by atoms with Crippen molar-refractivity contribution >= 4 is 39.5 Å². The van der Waals surface area contributed by atoms with E-state index in [2.05, 4.69) is 15.6 Å². The van der Waals surface area contributed by atoms with Crippen molar-refractivity contribution in [1.82, 2.24) is 9.38 Å². The molecule has 0 bridgehead atoms. The number of benzene rings is 2. The number of rotatable bonds is 8. The molecular weight excluding hydrogens is 487 g/mol. The fourth-order valence-corrected chi connectivity index (χ4v) is 4.61. The van der Waals surface area contributed by atoms with E-state index in [1.807, 2.05) is 6.92 Å². The molecule has 4 rings (SSSR count). The summed E-state index contributed by atoms with van der Waals surface area (Å²) >= 11 is 0.917. The average Bonchev–Trinajstić information content (AvgIpc) is 3.26. The minimum atomic E-state index is -0.707. The lowest BCUT2D eigenvalue weighted by Crippen LogP contribution is -2.25. The number of hydrogen-bond donors (Lipinski definition) is 2. The molecule has 186 valence electrons. The van der Waals surface area contributed by atoms with Gasteiger partial charge in [0.25, 0.3) is 17.4 Å². The fraction of sp³-hybridized carbons (Fsp3) is 0.200. The van der Waals surface area contributed by atoms with E-state index in [0.717, 1.165) is 22.2 Å². The van der Waals surface area contributed by atoms with Crippen LogP contribution in [0, 0.1) is 5.82 Å². The summed E-state index contributed by atoms with van der Waals surface area (Å²) in [5.74, 6) is -0.951. The quantitative estimate of drug-likeness (QED) is 0.364. The van der Waals surface area contributed by atoms with E-state index in [9.17, 15) is 18.8 Å². The molecule has 2 N–H and O–H groups in total. The van der Waals surface area contributed by atoms with Gasteiger partial charge in [-0.2, -0.15) is 0 Å². The number of aryl methyl sites for hydroxylation is 1. The first-order valence-corrected chi connectivity index (χ1v) is 11.8. The first-order chi connectivity index (χ1) is 17.3. The normalized spacial score (nSPS) is 10.8. The molecule has 2 amide bonds. The summed E-state index contributed by atoms with van der Waals surface area (Å²) in [7, 11) is 2.94. The third kappa shape index (κ3) is 5.05. The van der Waals surface area contributed by atoms with Crippen LogP contribution in [-0.4, -0.2) is 35.4 Å². The Morgan fingerprint density at radius 3 is 2.44 bits per heavy atom. The molecule has 0 saturated heterocycles. The maximum atomic E-state index is 13.5. The first-order valence-electron chi connectivity index (χ1n) is 11.0. The maximum absolute atomic E-state index is 13.5. The Balaban J connectivity index is 1.80. The van der Waals surface area contributed by atoms with Gasteiger partial charge in [-0.3, -0.25) is 14.4 Å². The molecule has 2 heterocycles. The molecule has 2 aromatic carbocycles. The van der Waals surface area contributed by atoms with Gasteiger partial charge in [0.15, 0.2) is 4.96 Å². The number of aromatic nitrogens is 2. The Labute approximate surface area is 209 Å². The number of hydrogen-bond acceptors (Lipinski definition) is 7. The number of anilines is 2. The van der Waals surface area contributed by atoms with E-state index in [0.29, 0.717) is 35.0 Å². The van der Waals surface area contributed by atoms with Crippen molar-refractivity contribution < 1.29 is 23.5 Å². The molecule has 0 atom stereocenters. The summed E-state index contributed by atoms with van der Waals surface area (Å²) < 4.78 is 24.9. The Bertz CT molecular complexity index is 1500. The van der Waals surface area contributed by atoms with Crippen LogP contribution in [0.4, 0.5) is 15.8 Å². The molecule has 0 aliphatic heterocycles. The summed E-state index contributed by atoms with van der Waals surface area (Å²) in [4.78, 5) is 44.4. The van der Waals surface area contributed by atoms with Crippen LogP contribution >= 0.6 is 11.3 Å². The average molecular weight is 511 g/mol. The molecule has 11 heteroatoms. The molecule has 9 nitrogen and oxygen atoms in total. The molecule has 0 aliphatic rings. The fourth-order valence-electron chi connectivity index (χ4n) is 3.57. The third-order valence-electron chi connectivity index (χ3n) is 5.26. The van der Waals surface area contributed by atoms with Crippen molar-refractivity contribution in [2.45, 2.75) is 19.8 Å². The first kappa shape index (κ1) is 24.9. The summed E-state index contributed by atoms with van der Waals surface area (Å²) in [5, 5.41) is 5.35. The molecule has 0 aliphatic carbocycles. The highest BCUT2D eigenvalue weighted by Crippen LogP contribution is 2.30. The number of nitrogens with one attached hydrogen (secondary N) is 2. The number of carbonyl (C=O) groups excluding carboxylic acids is 2. The van der Waals surface area contributed by atoms with Gasteiger partial charge in [-0.1, -0.05) is 24.7 Å². The Kier molecular flexibility index (Phi) is 7.30. The minimum absolute atomic E-state index is 0.0254. The van der Waals surface area contributed by atoms with Gasteiger partial charge in [-0.25, -0.2) is 13.8 Å². The second-order valence-corrected chi connectivity index (χ2v) is 8.69. The van der Waals surface area contributed by atoms with Crippen LogP contribution in [0.2, 0.25) is 0 Å². The van der Waals surface area contributed by atoms with Crippen LogP contribution in [0.15, 0.2) is 53.3 Å². The Morgan fingerprint density at radius 1 is 1.03 bits per heavy atom. The van der Waals surface area contributed by atoms with Gasteiger partial charge in [0.2, 0.25) is 0 Å². The smallest absolute Gasteiger partial charge is 0.274 e. The predicted octanol–water partition coefficient (Wildman–Crippen LogP) is 4.37. The van der Waals surface area contributed by atoms with Crippen molar-refractivity contribution in [1.29, 1.82) is 0 Å². The summed E-state index contributed by atoms with van der Waals surface area (Å²) in [6, 6.07) is 11.4. The third-order valence-corrected chi connectivity index (χ3v) is 6.30. The van der Waals surface area contributed by atoms with Gasteiger partial charge in [0.1, 0.15) is 27.9 Å². The van der Waals surface area contributed by atoms with Crippen LogP contribution in [0.1, 0.15) is 39.2 Å². The monoisotopic (exact) mass is 510 g/mol. The zero-order valence-corrected chi connectivity index (χ0v) is 20.6. The number of methoxy groups -OCH3 is 2.